The normalized spacial score (nSPS) is 13.0. The highest BCUT2D eigenvalue weighted by Gasteiger charge is 2.20. The molecule has 0 aliphatic carbocycles. The van der Waals surface area contributed by atoms with Crippen LogP contribution in [-0.2, 0) is 5.41 Å². The number of aromatic nitrogens is 3. The monoisotopic (exact) mass is 305 g/mol. The third kappa shape index (κ3) is 4.14. The number of nitrogens with zero attached hydrogens (tertiary/aromatic N) is 3. The summed E-state index contributed by atoms with van der Waals surface area (Å²) in [6.07, 6.45) is 1.82. The van der Waals surface area contributed by atoms with Crippen molar-refractivity contribution in [2.24, 2.45) is 0 Å². The lowest BCUT2D eigenvalue weighted by Crippen LogP contribution is -2.19. The Morgan fingerprint density at radius 3 is 2.52 bits per heavy atom. The zero-order valence-corrected chi connectivity index (χ0v) is 14.1. The third-order valence-corrected chi connectivity index (χ3v) is 3.90. The predicted molar refractivity (Wildman–Crippen MR) is 89.0 cm³/mol. The van der Waals surface area contributed by atoms with Crippen LogP contribution in [0.25, 0.3) is 0 Å². The first-order valence-electron chi connectivity index (χ1n) is 7.19. The van der Waals surface area contributed by atoms with E-state index >= 15 is 0 Å². The molecule has 21 heavy (non-hydrogen) atoms. The van der Waals surface area contributed by atoms with Crippen LogP contribution in [0.2, 0.25) is 0 Å². The zero-order valence-electron chi connectivity index (χ0n) is 13.3. The number of hydrogen-bond donors (Lipinski definition) is 2. The van der Waals surface area contributed by atoms with Crippen molar-refractivity contribution >= 4 is 23.0 Å². The summed E-state index contributed by atoms with van der Waals surface area (Å²) in [7, 11) is 0. The summed E-state index contributed by atoms with van der Waals surface area (Å²) >= 11 is 1.64. The van der Waals surface area contributed by atoms with Gasteiger partial charge in [-0.2, -0.15) is 0 Å². The van der Waals surface area contributed by atoms with Crippen LogP contribution in [0, 0.1) is 0 Å². The van der Waals surface area contributed by atoms with Crippen molar-refractivity contribution in [2.75, 3.05) is 17.2 Å². The lowest BCUT2D eigenvalue weighted by molar-refractivity contribution is 0.546. The summed E-state index contributed by atoms with van der Waals surface area (Å²) in [5.41, 5.74) is -0.0910. The Labute approximate surface area is 130 Å². The van der Waals surface area contributed by atoms with Gasteiger partial charge in [0.05, 0.1) is 6.04 Å². The topological polar surface area (TPSA) is 62.7 Å². The fourth-order valence-electron chi connectivity index (χ4n) is 1.86. The van der Waals surface area contributed by atoms with Crippen molar-refractivity contribution < 1.29 is 0 Å². The molecule has 1 unspecified atom stereocenters. The fraction of sp³-hybridized carbons (Fsp3) is 0.533. The molecular weight excluding hydrogens is 282 g/mol. The van der Waals surface area contributed by atoms with E-state index < -0.39 is 0 Å². The SMILES string of the molecule is CCNc1cc(NC(C)c2nccs2)nc(C(C)(C)C)n1. The highest BCUT2D eigenvalue weighted by molar-refractivity contribution is 7.09. The number of anilines is 2. The molecule has 6 heteroatoms. The van der Waals surface area contributed by atoms with Crippen LogP contribution >= 0.6 is 11.3 Å². The van der Waals surface area contributed by atoms with E-state index in [1.807, 2.05) is 17.6 Å². The van der Waals surface area contributed by atoms with Gasteiger partial charge in [-0.1, -0.05) is 20.8 Å². The van der Waals surface area contributed by atoms with Crippen molar-refractivity contribution in [3.8, 4) is 0 Å². The van der Waals surface area contributed by atoms with Gasteiger partial charge < -0.3 is 10.6 Å². The molecule has 0 aliphatic rings. The lowest BCUT2D eigenvalue weighted by Gasteiger charge is -2.20. The Hall–Kier alpha value is -1.69. The van der Waals surface area contributed by atoms with Crippen molar-refractivity contribution in [1.29, 1.82) is 0 Å². The highest BCUT2D eigenvalue weighted by atomic mass is 32.1. The Bertz CT molecular complexity index is 574. The summed E-state index contributed by atoms with van der Waals surface area (Å²) in [6.45, 7) is 11.3. The molecule has 0 bridgehead atoms. The Kier molecular flexibility index (Phi) is 4.77. The van der Waals surface area contributed by atoms with Crippen molar-refractivity contribution in [3.05, 3.63) is 28.5 Å². The minimum Gasteiger partial charge on any atom is -0.370 e. The second kappa shape index (κ2) is 6.39. The molecule has 0 radical (unpaired) electrons. The molecule has 2 aromatic rings. The standard InChI is InChI=1S/C15H23N5S/c1-6-16-11-9-12(20-14(19-11)15(3,4)5)18-10(2)13-17-7-8-21-13/h7-10H,6H2,1-5H3,(H2,16,18,19,20). The molecule has 2 rings (SSSR count). The Morgan fingerprint density at radius 1 is 1.24 bits per heavy atom. The maximum atomic E-state index is 4.65. The van der Waals surface area contributed by atoms with Gasteiger partial charge in [-0.05, 0) is 13.8 Å². The van der Waals surface area contributed by atoms with Crippen LogP contribution < -0.4 is 10.6 Å². The molecule has 5 nitrogen and oxygen atoms in total. The maximum Gasteiger partial charge on any atom is 0.138 e. The summed E-state index contributed by atoms with van der Waals surface area (Å²) in [5.74, 6) is 2.51. The van der Waals surface area contributed by atoms with Gasteiger partial charge >= 0.3 is 0 Å². The molecule has 2 aromatic heterocycles. The highest BCUT2D eigenvalue weighted by Crippen LogP contribution is 2.25. The molecule has 2 N–H and O–H groups in total. The molecule has 114 valence electrons. The molecule has 0 saturated carbocycles. The van der Waals surface area contributed by atoms with Gasteiger partial charge in [0.2, 0.25) is 0 Å². The predicted octanol–water partition coefficient (Wildman–Crippen LogP) is 3.84. The minimum absolute atomic E-state index is 0.0910. The second-order valence-electron chi connectivity index (χ2n) is 5.98. The second-order valence-corrected chi connectivity index (χ2v) is 6.90. The number of rotatable bonds is 5. The lowest BCUT2D eigenvalue weighted by atomic mass is 9.96. The van der Waals surface area contributed by atoms with E-state index in [1.165, 1.54) is 0 Å². The van der Waals surface area contributed by atoms with E-state index in [0.717, 1.165) is 29.0 Å². The molecule has 0 amide bonds. The van der Waals surface area contributed by atoms with E-state index in [2.05, 4.69) is 60.2 Å². The largest absolute Gasteiger partial charge is 0.370 e. The first kappa shape index (κ1) is 15.7. The van der Waals surface area contributed by atoms with E-state index in [1.54, 1.807) is 11.3 Å². The molecule has 0 aliphatic heterocycles. The first-order chi connectivity index (χ1) is 9.90. The molecule has 0 fully saturated rings. The van der Waals surface area contributed by atoms with Crippen LogP contribution in [0.1, 0.15) is 51.5 Å². The first-order valence-corrected chi connectivity index (χ1v) is 8.07. The summed E-state index contributed by atoms with van der Waals surface area (Å²) < 4.78 is 0. The zero-order chi connectivity index (χ0) is 15.5. The number of thiazole rings is 1. The van der Waals surface area contributed by atoms with Crippen LogP contribution in [-0.4, -0.2) is 21.5 Å². The van der Waals surface area contributed by atoms with E-state index in [-0.39, 0.29) is 11.5 Å². The summed E-state index contributed by atoms with van der Waals surface area (Å²) in [4.78, 5) is 13.6. The molecule has 0 saturated heterocycles. The average Bonchev–Trinajstić information content (AvgIpc) is 2.91. The van der Waals surface area contributed by atoms with E-state index in [0.29, 0.717) is 0 Å². The molecule has 2 heterocycles. The molecule has 1 atom stereocenters. The van der Waals surface area contributed by atoms with Gasteiger partial charge in [0, 0.05) is 29.6 Å². The van der Waals surface area contributed by atoms with Crippen LogP contribution in [0.15, 0.2) is 17.6 Å². The van der Waals surface area contributed by atoms with Gasteiger partial charge in [-0.25, -0.2) is 15.0 Å². The van der Waals surface area contributed by atoms with E-state index in [4.69, 9.17) is 0 Å². The smallest absolute Gasteiger partial charge is 0.138 e. The van der Waals surface area contributed by atoms with E-state index in [9.17, 15) is 0 Å². The molecule has 0 spiro atoms. The van der Waals surface area contributed by atoms with Crippen LogP contribution in [0.5, 0.6) is 0 Å². The number of nitrogens with one attached hydrogen (secondary N) is 2. The van der Waals surface area contributed by atoms with Gasteiger partial charge in [-0.15, -0.1) is 11.3 Å². The van der Waals surface area contributed by atoms with Crippen LogP contribution in [0.4, 0.5) is 11.6 Å². The summed E-state index contributed by atoms with van der Waals surface area (Å²) in [5, 5.41) is 9.71. The fourth-order valence-corrected chi connectivity index (χ4v) is 2.51. The van der Waals surface area contributed by atoms with Gasteiger partial charge in [0.25, 0.3) is 0 Å². The van der Waals surface area contributed by atoms with Crippen molar-refractivity contribution in [1.82, 2.24) is 15.0 Å². The maximum absolute atomic E-state index is 4.65. The van der Waals surface area contributed by atoms with Crippen molar-refractivity contribution in [3.63, 3.8) is 0 Å². The Balaban J connectivity index is 2.27. The third-order valence-electron chi connectivity index (χ3n) is 2.94. The molecular formula is C15H23N5S. The number of hydrogen-bond acceptors (Lipinski definition) is 6. The Morgan fingerprint density at radius 2 is 1.95 bits per heavy atom. The van der Waals surface area contributed by atoms with Gasteiger partial charge in [0.1, 0.15) is 22.5 Å². The minimum atomic E-state index is -0.0910. The van der Waals surface area contributed by atoms with Gasteiger partial charge in [-0.3, -0.25) is 0 Å². The average molecular weight is 305 g/mol. The quantitative estimate of drug-likeness (QED) is 0.879. The van der Waals surface area contributed by atoms with Crippen molar-refractivity contribution in [2.45, 2.75) is 46.1 Å². The van der Waals surface area contributed by atoms with Crippen LogP contribution in [0.3, 0.4) is 0 Å². The van der Waals surface area contributed by atoms with Gasteiger partial charge in [0.15, 0.2) is 0 Å². The summed E-state index contributed by atoms with van der Waals surface area (Å²) in [6, 6.07) is 2.07. The molecule has 0 aromatic carbocycles.